The van der Waals surface area contributed by atoms with Crippen molar-refractivity contribution in [3.05, 3.63) is 57.5 Å². The lowest BCUT2D eigenvalue weighted by atomic mass is 10.1. The van der Waals surface area contributed by atoms with E-state index >= 15 is 0 Å². The number of carbonyl (C=O) groups excluding carboxylic acids is 1. The molecule has 0 aliphatic heterocycles. The zero-order chi connectivity index (χ0) is 13.8. The Kier molecular flexibility index (Phi) is 5.02. The highest BCUT2D eigenvalue weighted by atomic mass is 79.9. The lowest BCUT2D eigenvalue weighted by molar-refractivity contribution is 0.102. The van der Waals surface area contributed by atoms with E-state index in [1.54, 1.807) is 18.2 Å². The first-order chi connectivity index (χ1) is 9.10. The Morgan fingerprint density at radius 3 is 2.32 bits per heavy atom. The summed E-state index contributed by atoms with van der Waals surface area (Å²) in [5.74, 6) is 1.25. The van der Waals surface area contributed by atoms with Gasteiger partial charge in [0.2, 0.25) is 0 Å². The van der Waals surface area contributed by atoms with Crippen LogP contribution >= 0.6 is 43.5 Å². The van der Waals surface area contributed by atoms with Gasteiger partial charge < -0.3 is 4.74 Å². The summed E-state index contributed by atoms with van der Waals surface area (Å²) >= 11 is 12.5. The highest BCUT2D eigenvalue weighted by molar-refractivity contribution is 9.10. The maximum absolute atomic E-state index is 11.6. The molecular formula is C14H9Br2ClO2. The normalized spacial score (nSPS) is 10.3. The molecule has 0 saturated carbocycles. The summed E-state index contributed by atoms with van der Waals surface area (Å²) in [6, 6.07) is 12.5. The lowest BCUT2D eigenvalue weighted by Gasteiger charge is -2.08. The number of Topliss-reactive ketones (excluding diaryl/α,β-unsaturated/α-hetero) is 1. The standard InChI is InChI=1S/C14H9Br2ClO2/c15-8-14(18)12-6-5-11(7-13(12)17)19-10-3-1-9(16)2-4-10/h1-7H,8H2. The zero-order valence-corrected chi connectivity index (χ0v) is 13.6. The number of ether oxygens (including phenoxy) is 1. The van der Waals surface area contributed by atoms with Crippen molar-refractivity contribution in [1.82, 2.24) is 0 Å². The molecular weight excluding hydrogens is 395 g/mol. The lowest BCUT2D eigenvalue weighted by Crippen LogP contribution is -2.00. The number of hydrogen-bond acceptors (Lipinski definition) is 2. The number of hydrogen-bond donors (Lipinski definition) is 0. The van der Waals surface area contributed by atoms with Crippen molar-refractivity contribution in [1.29, 1.82) is 0 Å². The molecule has 0 radical (unpaired) electrons. The molecule has 2 aromatic carbocycles. The first-order valence-corrected chi connectivity index (χ1v) is 7.71. The number of benzene rings is 2. The zero-order valence-electron chi connectivity index (χ0n) is 9.70. The quantitative estimate of drug-likeness (QED) is 0.499. The van der Waals surface area contributed by atoms with Gasteiger partial charge in [0.1, 0.15) is 11.5 Å². The summed E-state index contributed by atoms with van der Waals surface area (Å²) in [7, 11) is 0. The molecule has 19 heavy (non-hydrogen) atoms. The maximum Gasteiger partial charge on any atom is 0.174 e. The van der Waals surface area contributed by atoms with E-state index in [4.69, 9.17) is 16.3 Å². The maximum atomic E-state index is 11.6. The van der Waals surface area contributed by atoms with Gasteiger partial charge >= 0.3 is 0 Å². The van der Waals surface area contributed by atoms with Crippen molar-refractivity contribution < 1.29 is 9.53 Å². The van der Waals surface area contributed by atoms with Crippen LogP contribution in [0.1, 0.15) is 10.4 Å². The van der Waals surface area contributed by atoms with Crippen molar-refractivity contribution in [3.8, 4) is 11.5 Å². The predicted molar refractivity (Wildman–Crippen MR) is 83.8 cm³/mol. The van der Waals surface area contributed by atoms with Crippen LogP contribution in [0.2, 0.25) is 5.02 Å². The van der Waals surface area contributed by atoms with Crippen LogP contribution in [-0.2, 0) is 0 Å². The van der Waals surface area contributed by atoms with E-state index in [0.29, 0.717) is 22.1 Å². The van der Waals surface area contributed by atoms with Crippen LogP contribution < -0.4 is 4.74 Å². The predicted octanol–water partition coefficient (Wildman–Crippen LogP) is 5.47. The van der Waals surface area contributed by atoms with E-state index in [9.17, 15) is 4.79 Å². The molecule has 0 bridgehead atoms. The molecule has 0 N–H and O–H groups in total. The Labute approximate surface area is 133 Å². The molecule has 2 aromatic rings. The molecule has 0 fully saturated rings. The second-order valence-electron chi connectivity index (χ2n) is 3.75. The van der Waals surface area contributed by atoms with Gasteiger partial charge in [-0.3, -0.25) is 4.79 Å². The number of halogens is 3. The van der Waals surface area contributed by atoms with Gasteiger partial charge in [0.25, 0.3) is 0 Å². The van der Waals surface area contributed by atoms with Gasteiger partial charge in [-0.15, -0.1) is 0 Å². The van der Waals surface area contributed by atoms with Crippen LogP contribution in [0.25, 0.3) is 0 Å². The molecule has 0 aromatic heterocycles. The van der Waals surface area contributed by atoms with Gasteiger partial charge in [0.05, 0.1) is 10.4 Å². The minimum atomic E-state index is -0.0554. The Balaban J connectivity index is 2.20. The molecule has 5 heteroatoms. The molecule has 98 valence electrons. The first-order valence-electron chi connectivity index (χ1n) is 5.42. The topological polar surface area (TPSA) is 26.3 Å². The fourth-order valence-corrected chi connectivity index (χ4v) is 2.34. The minimum absolute atomic E-state index is 0.0554. The molecule has 0 aliphatic carbocycles. The SMILES string of the molecule is O=C(CBr)c1ccc(Oc2ccc(Br)cc2)cc1Cl. The first kappa shape index (κ1) is 14.6. The van der Waals surface area contributed by atoms with Crippen molar-refractivity contribution in [2.45, 2.75) is 0 Å². The third-order valence-corrected chi connectivity index (χ3v) is 3.76. The van der Waals surface area contributed by atoms with Crippen LogP contribution in [0.4, 0.5) is 0 Å². The Hall–Kier alpha value is -0.840. The summed E-state index contributed by atoms with van der Waals surface area (Å²) in [5, 5.41) is 0.638. The number of ketones is 1. The third kappa shape index (κ3) is 3.81. The van der Waals surface area contributed by atoms with E-state index in [2.05, 4.69) is 31.9 Å². The van der Waals surface area contributed by atoms with E-state index in [0.717, 1.165) is 4.47 Å². The van der Waals surface area contributed by atoms with Crippen LogP contribution in [0.15, 0.2) is 46.9 Å². The monoisotopic (exact) mass is 402 g/mol. The smallest absolute Gasteiger partial charge is 0.174 e. The van der Waals surface area contributed by atoms with Crippen LogP contribution in [0, 0.1) is 0 Å². The summed E-state index contributed by atoms with van der Waals surface area (Å²) in [4.78, 5) is 11.6. The van der Waals surface area contributed by atoms with Crippen molar-refractivity contribution in [2.24, 2.45) is 0 Å². The fourth-order valence-electron chi connectivity index (χ4n) is 1.50. The van der Waals surface area contributed by atoms with Gasteiger partial charge in [-0.1, -0.05) is 43.5 Å². The van der Waals surface area contributed by atoms with E-state index in [-0.39, 0.29) is 11.1 Å². The van der Waals surface area contributed by atoms with E-state index in [1.165, 1.54) is 0 Å². The van der Waals surface area contributed by atoms with Gasteiger partial charge in [-0.05, 0) is 36.4 Å². The van der Waals surface area contributed by atoms with E-state index in [1.807, 2.05) is 24.3 Å². The van der Waals surface area contributed by atoms with Crippen molar-refractivity contribution >= 4 is 49.2 Å². The average molecular weight is 404 g/mol. The van der Waals surface area contributed by atoms with Gasteiger partial charge in [0.15, 0.2) is 5.78 Å². The second kappa shape index (κ2) is 6.55. The van der Waals surface area contributed by atoms with Gasteiger partial charge in [-0.2, -0.15) is 0 Å². The Morgan fingerprint density at radius 1 is 1.11 bits per heavy atom. The minimum Gasteiger partial charge on any atom is -0.457 e. The molecule has 0 heterocycles. The van der Waals surface area contributed by atoms with E-state index < -0.39 is 0 Å². The molecule has 2 nitrogen and oxygen atoms in total. The molecule has 0 atom stereocenters. The Morgan fingerprint density at radius 2 is 1.74 bits per heavy atom. The largest absolute Gasteiger partial charge is 0.457 e. The highest BCUT2D eigenvalue weighted by Crippen LogP contribution is 2.28. The van der Waals surface area contributed by atoms with Crippen LogP contribution in [0.5, 0.6) is 11.5 Å². The summed E-state index contributed by atoms with van der Waals surface area (Å²) < 4.78 is 6.64. The molecule has 0 aliphatic rings. The molecule has 0 saturated heterocycles. The molecule has 0 amide bonds. The van der Waals surface area contributed by atoms with Gasteiger partial charge in [0, 0.05) is 16.1 Å². The Bertz CT molecular complexity index is 597. The van der Waals surface area contributed by atoms with Crippen LogP contribution in [0.3, 0.4) is 0 Å². The second-order valence-corrected chi connectivity index (χ2v) is 5.64. The van der Waals surface area contributed by atoms with Gasteiger partial charge in [-0.25, -0.2) is 0 Å². The number of rotatable bonds is 4. The van der Waals surface area contributed by atoms with Crippen molar-refractivity contribution in [2.75, 3.05) is 5.33 Å². The fraction of sp³-hybridized carbons (Fsp3) is 0.0714. The number of carbonyl (C=O) groups is 1. The molecule has 0 spiro atoms. The summed E-state index contributed by atoms with van der Waals surface area (Å²) in [5.41, 5.74) is 0.488. The van der Waals surface area contributed by atoms with Crippen molar-refractivity contribution in [3.63, 3.8) is 0 Å². The molecule has 0 unspecified atom stereocenters. The average Bonchev–Trinajstić information content (AvgIpc) is 2.41. The van der Waals surface area contributed by atoms with Crippen LogP contribution in [-0.4, -0.2) is 11.1 Å². The summed E-state index contributed by atoms with van der Waals surface area (Å²) in [6.07, 6.45) is 0. The summed E-state index contributed by atoms with van der Waals surface area (Å²) in [6.45, 7) is 0. The third-order valence-electron chi connectivity index (χ3n) is 2.41. The number of alkyl halides is 1. The molecule has 2 rings (SSSR count). The highest BCUT2D eigenvalue weighted by Gasteiger charge is 2.10.